The molecule has 21 heavy (non-hydrogen) atoms. The summed E-state index contributed by atoms with van der Waals surface area (Å²) in [6.45, 7) is 1.88. The van der Waals surface area contributed by atoms with Gasteiger partial charge in [0.1, 0.15) is 0 Å². The molecule has 0 saturated carbocycles. The number of thiazole rings is 1. The van der Waals surface area contributed by atoms with Gasteiger partial charge in [-0.25, -0.2) is 4.98 Å². The van der Waals surface area contributed by atoms with Crippen LogP contribution in [0.15, 0.2) is 35.8 Å². The SMILES string of the molecule is Cc1csc(NC(=O)c2cn[nH]c2-c2ccc(Cl)cc2)n1. The highest BCUT2D eigenvalue weighted by molar-refractivity contribution is 7.13. The molecule has 3 rings (SSSR count). The summed E-state index contributed by atoms with van der Waals surface area (Å²) in [7, 11) is 0. The predicted molar refractivity (Wildman–Crippen MR) is 83.8 cm³/mol. The Kier molecular flexibility index (Phi) is 3.72. The Morgan fingerprint density at radius 1 is 1.33 bits per heavy atom. The zero-order chi connectivity index (χ0) is 14.8. The molecule has 0 aliphatic rings. The second-order valence-corrected chi connectivity index (χ2v) is 5.71. The van der Waals surface area contributed by atoms with E-state index in [1.165, 1.54) is 17.5 Å². The fraction of sp³-hybridized carbons (Fsp3) is 0.0714. The molecule has 3 aromatic rings. The second kappa shape index (κ2) is 5.67. The van der Waals surface area contributed by atoms with Crippen molar-refractivity contribution >= 4 is 34.0 Å². The van der Waals surface area contributed by atoms with Gasteiger partial charge in [0.25, 0.3) is 5.91 Å². The topological polar surface area (TPSA) is 70.7 Å². The van der Waals surface area contributed by atoms with Crippen molar-refractivity contribution in [1.82, 2.24) is 15.2 Å². The van der Waals surface area contributed by atoms with Crippen LogP contribution in [0.25, 0.3) is 11.3 Å². The number of H-pyrrole nitrogens is 1. The molecule has 0 saturated heterocycles. The van der Waals surface area contributed by atoms with Crippen LogP contribution in [0.1, 0.15) is 16.1 Å². The molecule has 0 aliphatic carbocycles. The Hall–Kier alpha value is -2.18. The number of aromatic nitrogens is 3. The smallest absolute Gasteiger partial charge is 0.261 e. The molecule has 0 bridgehead atoms. The number of aryl methyl sites for hydroxylation is 1. The molecule has 0 spiro atoms. The van der Waals surface area contributed by atoms with Gasteiger partial charge in [0.15, 0.2) is 5.13 Å². The molecule has 2 heterocycles. The van der Waals surface area contributed by atoms with Crippen LogP contribution in [0.3, 0.4) is 0 Å². The van der Waals surface area contributed by atoms with Gasteiger partial charge in [-0.3, -0.25) is 15.2 Å². The van der Waals surface area contributed by atoms with Gasteiger partial charge in [-0.2, -0.15) is 5.10 Å². The number of nitrogens with zero attached hydrogens (tertiary/aromatic N) is 2. The first-order valence-corrected chi connectivity index (χ1v) is 7.42. The number of nitrogens with one attached hydrogen (secondary N) is 2. The quantitative estimate of drug-likeness (QED) is 0.772. The first-order valence-electron chi connectivity index (χ1n) is 6.16. The number of rotatable bonds is 3. The first kappa shape index (κ1) is 13.8. The van der Waals surface area contributed by atoms with Crippen molar-refractivity contribution in [2.45, 2.75) is 6.92 Å². The summed E-state index contributed by atoms with van der Waals surface area (Å²) < 4.78 is 0. The van der Waals surface area contributed by atoms with Crippen LogP contribution >= 0.6 is 22.9 Å². The average Bonchev–Trinajstić information content (AvgIpc) is 3.09. The first-order chi connectivity index (χ1) is 10.1. The average molecular weight is 319 g/mol. The van der Waals surface area contributed by atoms with Crippen LogP contribution < -0.4 is 5.32 Å². The molecule has 0 unspecified atom stereocenters. The van der Waals surface area contributed by atoms with Gasteiger partial charge in [0.05, 0.1) is 23.1 Å². The van der Waals surface area contributed by atoms with Gasteiger partial charge in [-0.15, -0.1) is 11.3 Å². The van der Waals surface area contributed by atoms with Crippen molar-refractivity contribution in [2.75, 3.05) is 5.32 Å². The van der Waals surface area contributed by atoms with Crippen LogP contribution in [-0.2, 0) is 0 Å². The molecule has 1 aromatic carbocycles. The molecule has 0 atom stereocenters. The standard InChI is InChI=1S/C14H11ClN4OS/c1-8-7-21-14(17-8)18-13(20)11-6-16-19-12(11)9-2-4-10(15)5-3-9/h2-7H,1H3,(H,16,19)(H,17,18,20). The van der Waals surface area contributed by atoms with Gasteiger partial charge >= 0.3 is 0 Å². The van der Waals surface area contributed by atoms with E-state index in [9.17, 15) is 4.79 Å². The van der Waals surface area contributed by atoms with Crippen molar-refractivity contribution < 1.29 is 4.79 Å². The van der Waals surface area contributed by atoms with E-state index in [1.54, 1.807) is 12.1 Å². The Balaban J connectivity index is 1.88. The van der Waals surface area contributed by atoms with Gasteiger partial charge in [-0.05, 0) is 19.1 Å². The van der Waals surface area contributed by atoms with Crippen LogP contribution in [0, 0.1) is 6.92 Å². The van der Waals surface area contributed by atoms with Crippen LogP contribution in [0.4, 0.5) is 5.13 Å². The van der Waals surface area contributed by atoms with Crippen molar-refractivity contribution in [3.8, 4) is 11.3 Å². The van der Waals surface area contributed by atoms with E-state index < -0.39 is 0 Å². The van der Waals surface area contributed by atoms with Gasteiger partial charge < -0.3 is 0 Å². The number of carbonyl (C=O) groups excluding carboxylic acids is 1. The number of anilines is 1. The van der Waals surface area contributed by atoms with E-state index in [1.807, 2.05) is 24.4 Å². The Morgan fingerprint density at radius 3 is 2.76 bits per heavy atom. The van der Waals surface area contributed by atoms with Crippen molar-refractivity contribution in [2.24, 2.45) is 0 Å². The van der Waals surface area contributed by atoms with Crippen molar-refractivity contribution in [1.29, 1.82) is 0 Å². The van der Waals surface area contributed by atoms with Crippen LogP contribution in [0.2, 0.25) is 5.02 Å². The lowest BCUT2D eigenvalue weighted by molar-refractivity contribution is 0.102. The lowest BCUT2D eigenvalue weighted by Gasteiger charge is -2.03. The lowest BCUT2D eigenvalue weighted by atomic mass is 10.1. The number of carbonyl (C=O) groups is 1. The van der Waals surface area contributed by atoms with E-state index in [0.717, 1.165) is 11.3 Å². The monoisotopic (exact) mass is 318 g/mol. The molecular weight excluding hydrogens is 308 g/mol. The maximum Gasteiger partial charge on any atom is 0.261 e. The number of hydrogen-bond acceptors (Lipinski definition) is 4. The Bertz CT molecular complexity index is 778. The van der Waals surface area contributed by atoms with Crippen LogP contribution in [0.5, 0.6) is 0 Å². The summed E-state index contributed by atoms with van der Waals surface area (Å²) in [5.74, 6) is -0.247. The highest BCUT2D eigenvalue weighted by Gasteiger charge is 2.16. The third kappa shape index (κ3) is 2.96. The molecule has 1 amide bonds. The molecule has 7 heteroatoms. The Labute approximate surface area is 130 Å². The molecule has 0 fully saturated rings. The summed E-state index contributed by atoms with van der Waals surface area (Å²) in [6.07, 6.45) is 1.50. The van der Waals surface area contributed by atoms with E-state index in [0.29, 0.717) is 21.4 Å². The third-order valence-electron chi connectivity index (χ3n) is 2.86. The molecule has 5 nitrogen and oxygen atoms in total. The fourth-order valence-electron chi connectivity index (χ4n) is 1.87. The summed E-state index contributed by atoms with van der Waals surface area (Å²) in [5.41, 5.74) is 2.83. The lowest BCUT2D eigenvalue weighted by Crippen LogP contribution is -2.12. The summed E-state index contributed by atoms with van der Waals surface area (Å²) in [4.78, 5) is 16.5. The van der Waals surface area contributed by atoms with Gasteiger partial charge in [-0.1, -0.05) is 23.7 Å². The van der Waals surface area contributed by atoms with E-state index in [4.69, 9.17) is 11.6 Å². The van der Waals surface area contributed by atoms with Gasteiger partial charge in [0.2, 0.25) is 0 Å². The predicted octanol–water partition coefficient (Wildman–Crippen LogP) is 3.75. The number of benzene rings is 1. The summed E-state index contributed by atoms with van der Waals surface area (Å²) in [6, 6.07) is 7.20. The van der Waals surface area contributed by atoms with E-state index in [-0.39, 0.29) is 5.91 Å². The third-order valence-corrected chi connectivity index (χ3v) is 3.98. The maximum absolute atomic E-state index is 12.3. The normalized spacial score (nSPS) is 10.6. The number of hydrogen-bond donors (Lipinski definition) is 2. The summed E-state index contributed by atoms with van der Waals surface area (Å²) in [5, 5.41) is 12.7. The highest BCUT2D eigenvalue weighted by atomic mass is 35.5. The minimum Gasteiger partial charge on any atom is -0.298 e. The number of aromatic amines is 1. The number of amides is 1. The Morgan fingerprint density at radius 2 is 2.10 bits per heavy atom. The molecule has 106 valence electrons. The second-order valence-electron chi connectivity index (χ2n) is 4.41. The van der Waals surface area contributed by atoms with E-state index in [2.05, 4.69) is 20.5 Å². The van der Waals surface area contributed by atoms with Crippen molar-refractivity contribution in [3.05, 3.63) is 52.1 Å². The molecular formula is C14H11ClN4OS. The van der Waals surface area contributed by atoms with Crippen LogP contribution in [-0.4, -0.2) is 21.1 Å². The largest absolute Gasteiger partial charge is 0.298 e. The zero-order valence-electron chi connectivity index (χ0n) is 11.1. The number of halogens is 1. The summed E-state index contributed by atoms with van der Waals surface area (Å²) >= 11 is 7.26. The fourth-order valence-corrected chi connectivity index (χ4v) is 2.68. The van der Waals surface area contributed by atoms with Gasteiger partial charge in [0, 0.05) is 16.0 Å². The van der Waals surface area contributed by atoms with Crippen molar-refractivity contribution in [3.63, 3.8) is 0 Å². The molecule has 0 aliphatic heterocycles. The maximum atomic E-state index is 12.3. The van der Waals surface area contributed by atoms with E-state index >= 15 is 0 Å². The molecule has 2 N–H and O–H groups in total. The zero-order valence-corrected chi connectivity index (χ0v) is 12.6. The highest BCUT2D eigenvalue weighted by Crippen LogP contribution is 2.24. The molecule has 0 radical (unpaired) electrons. The minimum absolute atomic E-state index is 0.247. The minimum atomic E-state index is -0.247. The molecule has 2 aromatic heterocycles.